The van der Waals surface area contributed by atoms with Crippen LogP contribution < -0.4 is 5.32 Å². The van der Waals surface area contributed by atoms with Gasteiger partial charge < -0.3 is 10.1 Å². The molecule has 1 rings (SSSR count). The van der Waals surface area contributed by atoms with Crippen LogP contribution in [0.5, 0.6) is 0 Å². The van der Waals surface area contributed by atoms with Crippen LogP contribution in [0, 0.1) is 5.41 Å². The quantitative estimate of drug-likeness (QED) is 0.732. The fraction of sp³-hybridized carbons (Fsp3) is 1.00. The summed E-state index contributed by atoms with van der Waals surface area (Å²) in [6, 6.07) is 0. The van der Waals surface area contributed by atoms with Gasteiger partial charge in [0.05, 0.1) is 11.9 Å². The van der Waals surface area contributed by atoms with Crippen molar-refractivity contribution in [2.24, 2.45) is 5.41 Å². The highest BCUT2D eigenvalue weighted by Crippen LogP contribution is 2.38. The smallest absolute Gasteiger partial charge is 0.150 e. The van der Waals surface area contributed by atoms with Crippen molar-refractivity contribution in [1.29, 1.82) is 0 Å². The van der Waals surface area contributed by atoms with Crippen LogP contribution in [0.1, 0.15) is 40.0 Å². The molecule has 108 valence electrons. The zero-order valence-electron chi connectivity index (χ0n) is 11.9. The molecule has 1 N–H and O–H groups in total. The molecule has 0 bridgehead atoms. The second-order valence-corrected chi connectivity index (χ2v) is 7.72. The Morgan fingerprint density at radius 3 is 2.61 bits per heavy atom. The van der Waals surface area contributed by atoms with Crippen LogP contribution in [0.2, 0.25) is 0 Å². The van der Waals surface area contributed by atoms with Crippen molar-refractivity contribution in [2.75, 3.05) is 31.2 Å². The first-order valence-corrected chi connectivity index (χ1v) is 8.80. The molecule has 4 nitrogen and oxygen atoms in total. The van der Waals surface area contributed by atoms with E-state index in [0.29, 0.717) is 5.75 Å². The number of hydrogen-bond donors (Lipinski definition) is 1. The molecule has 1 heterocycles. The van der Waals surface area contributed by atoms with Crippen molar-refractivity contribution in [1.82, 2.24) is 5.32 Å². The lowest BCUT2D eigenvalue weighted by Gasteiger charge is -2.32. The van der Waals surface area contributed by atoms with Crippen LogP contribution in [0.25, 0.3) is 0 Å². The number of nitrogens with one attached hydrogen (secondary N) is 1. The van der Waals surface area contributed by atoms with Gasteiger partial charge in [-0.15, -0.1) is 0 Å². The van der Waals surface area contributed by atoms with Crippen LogP contribution in [0.4, 0.5) is 0 Å². The largest absolute Gasteiger partial charge is 0.378 e. The van der Waals surface area contributed by atoms with E-state index in [2.05, 4.69) is 19.2 Å². The second kappa shape index (κ2) is 6.87. The molecule has 1 saturated heterocycles. The minimum Gasteiger partial charge on any atom is -0.378 e. The van der Waals surface area contributed by atoms with E-state index in [9.17, 15) is 8.42 Å². The Bertz CT molecular complexity index is 342. The highest BCUT2D eigenvalue weighted by molar-refractivity contribution is 7.91. The molecular formula is C13H27NO3S. The van der Waals surface area contributed by atoms with Crippen LogP contribution in [0.3, 0.4) is 0 Å². The summed E-state index contributed by atoms with van der Waals surface area (Å²) in [5, 5.41) is 3.39. The summed E-state index contributed by atoms with van der Waals surface area (Å²) in [6.45, 7) is 8.59. The summed E-state index contributed by atoms with van der Waals surface area (Å²) >= 11 is 0. The van der Waals surface area contributed by atoms with Crippen LogP contribution in [0.15, 0.2) is 0 Å². The van der Waals surface area contributed by atoms with Crippen molar-refractivity contribution >= 4 is 9.84 Å². The van der Waals surface area contributed by atoms with Gasteiger partial charge in [-0.3, -0.25) is 0 Å². The maximum atomic E-state index is 11.5. The summed E-state index contributed by atoms with van der Waals surface area (Å²) < 4.78 is 28.7. The lowest BCUT2D eigenvalue weighted by Crippen LogP contribution is -2.39. The summed E-state index contributed by atoms with van der Waals surface area (Å²) in [5.41, 5.74) is 0.124. The van der Waals surface area contributed by atoms with Gasteiger partial charge in [0.25, 0.3) is 0 Å². The van der Waals surface area contributed by atoms with E-state index in [0.717, 1.165) is 39.0 Å². The van der Waals surface area contributed by atoms with Gasteiger partial charge in [0, 0.05) is 24.3 Å². The average Bonchev–Trinajstić information content (AvgIpc) is 2.69. The minimum atomic E-state index is -2.84. The maximum Gasteiger partial charge on any atom is 0.150 e. The standard InChI is InChI=1S/C13H27NO3S/c1-4-14-11-13(8-9-17-12(13)3)7-6-10-18(15,16)5-2/h12,14H,4-11H2,1-3H3. The number of sulfone groups is 1. The Morgan fingerprint density at radius 2 is 2.11 bits per heavy atom. The van der Waals surface area contributed by atoms with Gasteiger partial charge in [0.1, 0.15) is 9.84 Å². The molecule has 1 aliphatic rings. The van der Waals surface area contributed by atoms with Crippen molar-refractivity contribution < 1.29 is 13.2 Å². The molecule has 2 unspecified atom stereocenters. The predicted octanol–water partition coefficient (Wildman–Crippen LogP) is 1.61. The fourth-order valence-electron chi connectivity index (χ4n) is 2.63. The lowest BCUT2D eigenvalue weighted by molar-refractivity contribution is 0.0584. The van der Waals surface area contributed by atoms with E-state index in [1.807, 2.05) is 0 Å². The second-order valence-electron chi connectivity index (χ2n) is 5.25. The molecule has 0 radical (unpaired) electrons. The normalized spacial score (nSPS) is 28.7. The fourth-order valence-corrected chi connectivity index (χ4v) is 3.50. The molecule has 5 heteroatoms. The summed E-state index contributed by atoms with van der Waals surface area (Å²) in [4.78, 5) is 0. The highest BCUT2D eigenvalue weighted by Gasteiger charge is 2.40. The third-order valence-electron chi connectivity index (χ3n) is 4.13. The van der Waals surface area contributed by atoms with E-state index >= 15 is 0 Å². The topological polar surface area (TPSA) is 55.4 Å². The van der Waals surface area contributed by atoms with Gasteiger partial charge in [-0.2, -0.15) is 0 Å². The van der Waals surface area contributed by atoms with Crippen LogP contribution in [-0.4, -0.2) is 45.7 Å². The van der Waals surface area contributed by atoms with Gasteiger partial charge in [0.15, 0.2) is 0 Å². The highest BCUT2D eigenvalue weighted by atomic mass is 32.2. The van der Waals surface area contributed by atoms with Crippen molar-refractivity contribution in [2.45, 2.75) is 46.1 Å². The molecular weight excluding hydrogens is 250 g/mol. The Labute approximate surface area is 111 Å². The molecule has 0 amide bonds. The lowest BCUT2D eigenvalue weighted by atomic mass is 9.77. The summed E-state index contributed by atoms with van der Waals surface area (Å²) in [7, 11) is -2.84. The monoisotopic (exact) mass is 277 g/mol. The van der Waals surface area contributed by atoms with Gasteiger partial charge in [-0.05, 0) is 32.7 Å². The van der Waals surface area contributed by atoms with Crippen LogP contribution >= 0.6 is 0 Å². The Morgan fingerprint density at radius 1 is 1.39 bits per heavy atom. The van der Waals surface area contributed by atoms with Gasteiger partial charge in [-0.25, -0.2) is 8.42 Å². The molecule has 2 atom stereocenters. The molecule has 0 aromatic carbocycles. The SMILES string of the molecule is CCNCC1(CCCS(=O)(=O)CC)CCOC1C. The maximum absolute atomic E-state index is 11.5. The number of rotatable bonds is 8. The molecule has 0 saturated carbocycles. The minimum absolute atomic E-state index is 0.124. The average molecular weight is 277 g/mol. The molecule has 0 aromatic heterocycles. The van der Waals surface area contributed by atoms with Crippen molar-refractivity contribution in [3.05, 3.63) is 0 Å². The number of ether oxygens (including phenoxy) is 1. The molecule has 18 heavy (non-hydrogen) atoms. The van der Waals surface area contributed by atoms with Gasteiger partial charge >= 0.3 is 0 Å². The van der Waals surface area contributed by atoms with E-state index in [1.165, 1.54) is 0 Å². The Balaban J connectivity index is 2.52. The first kappa shape index (κ1) is 15.9. The van der Waals surface area contributed by atoms with E-state index in [1.54, 1.807) is 6.92 Å². The van der Waals surface area contributed by atoms with E-state index in [4.69, 9.17) is 4.74 Å². The third-order valence-corrected chi connectivity index (χ3v) is 5.92. The Hall–Kier alpha value is -0.130. The van der Waals surface area contributed by atoms with Gasteiger partial charge in [-0.1, -0.05) is 13.8 Å². The number of hydrogen-bond acceptors (Lipinski definition) is 4. The summed E-state index contributed by atoms with van der Waals surface area (Å²) in [6.07, 6.45) is 2.93. The van der Waals surface area contributed by atoms with Gasteiger partial charge in [0.2, 0.25) is 0 Å². The molecule has 0 aliphatic carbocycles. The predicted molar refractivity (Wildman–Crippen MR) is 74.6 cm³/mol. The van der Waals surface area contributed by atoms with E-state index in [-0.39, 0.29) is 17.3 Å². The molecule has 0 spiro atoms. The zero-order valence-corrected chi connectivity index (χ0v) is 12.7. The first-order valence-electron chi connectivity index (χ1n) is 6.98. The van der Waals surface area contributed by atoms with E-state index < -0.39 is 9.84 Å². The Kier molecular flexibility index (Phi) is 6.08. The van der Waals surface area contributed by atoms with Crippen molar-refractivity contribution in [3.63, 3.8) is 0 Å². The van der Waals surface area contributed by atoms with Crippen molar-refractivity contribution in [3.8, 4) is 0 Å². The molecule has 1 fully saturated rings. The van der Waals surface area contributed by atoms with Crippen LogP contribution in [-0.2, 0) is 14.6 Å². The zero-order chi connectivity index (χ0) is 13.6. The third kappa shape index (κ3) is 4.21. The molecule has 0 aromatic rings. The molecule has 1 aliphatic heterocycles. The summed E-state index contributed by atoms with van der Waals surface area (Å²) in [5.74, 6) is 0.559. The first-order chi connectivity index (χ1) is 8.46.